The van der Waals surface area contributed by atoms with Crippen molar-refractivity contribution in [2.45, 2.75) is 26.7 Å². The standard InChI is InChI=1S/C19H34N4O2/c1-6-23(7-2)14-8-12-21-19(20-3)22-13-11-16-9-10-17(24-4)18(15-16)25-5/h9-10,15H,6-8,11-14H2,1-5H3,(H2,20,21,22). The summed E-state index contributed by atoms with van der Waals surface area (Å²) in [5.41, 5.74) is 1.20. The monoisotopic (exact) mass is 350 g/mol. The van der Waals surface area contributed by atoms with E-state index < -0.39 is 0 Å². The maximum Gasteiger partial charge on any atom is 0.190 e. The second-order valence-electron chi connectivity index (χ2n) is 5.75. The molecule has 25 heavy (non-hydrogen) atoms. The number of ether oxygens (including phenoxy) is 2. The molecule has 0 unspecified atom stereocenters. The van der Waals surface area contributed by atoms with Crippen molar-refractivity contribution in [3.05, 3.63) is 23.8 Å². The summed E-state index contributed by atoms with van der Waals surface area (Å²) in [6.07, 6.45) is 2.00. The minimum absolute atomic E-state index is 0.755. The molecule has 0 bridgehead atoms. The van der Waals surface area contributed by atoms with Crippen molar-refractivity contribution in [3.63, 3.8) is 0 Å². The number of aliphatic imine (C=N–C) groups is 1. The normalized spacial score (nSPS) is 11.5. The molecule has 0 saturated heterocycles. The lowest BCUT2D eigenvalue weighted by Crippen LogP contribution is -2.39. The van der Waals surface area contributed by atoms with Gasteiger partial charge in [-0.2, -0.15) is 0 Å². The van der Waals surface area contributed by atoms with E-state index >= 15 is 0 Å². The van der Waals surface area contributed by atoms with Crippen LogP contribution in [0.3, 0.4) is 0 Å². The average Bonchev–Trinajstić information content (AvgIpc) is 2.66. The Balaban J connectivity index is 2.33. The van der Waals surface area contributed by atoms with Gasteiger partial charge in [-0.05, 0) is 50.2 Å². The fraction of sp³-hybridized carbons (Fsp3) is 0.632. The lowest BCUT2D eigenvalue weighted by Gasteiger charge is -2.18. The smallest absolute Gasteiger partial charge is 0.190 e. The molecule has 0 aliphatic rings. The molecule has 0 fully saturated rings. The maximum atomic E-state index is 5.34. The molecule has 0 radical (unpaired) electrons. The van der Waals surface area contributed by atoms with Crippen molar-refractivity contribution in [2.75, 3.05) is 54.0 Å². The highest BCUT2D eigenvalue weighted by atomic mass is 16.5. The van der Waals surface area contributed by atoms with E-state index in [1.54, 1.807) is 21.3 Å². The van der Waals surface area contributed by atoms with E-state index in [0.717, 1.165) is 63.0 Å². The zero-order chi connectivity index (χ0) is 18.5. The highest BCUT2D eigenvalue weighted by Crippen LogP contribution is 2.27. The number of benzene rings is 1. The molecule has 0 atom stereocenters. The highest BCUT2D eigenvalue weighted by molar-refractivity contribution is 5.79. The first-order valence-electron chi connectivity index (χ1n) is 9.06. The first-order valence-corrected chi connectivity index (χ1v) is 9.06. The largest absolute Gasteiger partial charge is 0.493 e. The molecule has 0 spiro atoms. The van der Waals surface area contributed by atoms with Gasteiger partial charge in [0.05, 0.1) is 14.2 Å². The predicted octanol–water partition coefficient (Wildman–Crippen LogP) is 2.14. The molecule has 6 nitrogen and oxygen atoms in total. The van der Waals surface area contributed by atoms with Crippen LogP contribution in [-0.4, -0.2) is 64.9 Å². The Morgan fingerprint density at radius 1 is 1.04 bits per heavy atom. The van der Waals surface area contributed by atoms with Crippen molar-refractivity contribution in [1.82, 2.24) is 15.5 Å². The molecule has 0 amide bonds. The predicted molar refractivity (Wildman–Crippen MR) is 105 cm³/mol. The van der Waals surface area contributed by atoms with Crippen LogP contribution in [-0.2, 0) is 6.42 Å². The van der Waals surface area contributed by atoms with Crippen LogP contribution in [0.2, 0.25) is 0 Å². The van der Waals surface area contributed by atoms with Gasteiger partial charge in [-0.15, -0.1) is 0 Å². The summed E-state index contributed by atoms with van der Waals surface area (Å²) in [6.45, 7) is 9.46. The van der Waals surface area contributed by atoms with Crippen molar-refractivity contribution < 1.29 is 9.47 Å². The van der Waals surface area contributed by atoms with Crippen LogP contribution in [0, 0.1) is 0 Å². The van der Waals surface area contributed by atoms with Gasteiger partial charge in [0.1, 0.15) is 0 Å². The molecule has 0 aromatic heterocycles. The Labute approximate surface area is 152 Å². The summed E-state index contributed by atoms with van der Waals surface area (Å²) in [5.74, 6) is 2.36. The number of nitrogens with zero attached hydrogens (tertiary/aromatic N) is 2. The van der Waals surface area contributed by atoms with Crippen LogP contribution >= 0.6 is 0 Å². The first-order chi connectivity index (χ1) is 12.2. The van der Waals surface area contributed by atoms with Gasteiger partial charge in [0.25, 0.3) is 0 Å². The third kappa shape index (κ3) is 7.65. The second kappa shape index (κ2) is 12.4. The fourth-order valence-electron chi connectivity index (χ4n) is 2.63. The Bertz CT molecular complexity index is 516. The molecule has 1 rings (SSSR count). The molecule has 1 aromatic carbocycles. The summed E-state index contributed by atoms with van der Waals surface area (Å²) in [7, 11) is 5.11. The molecule has 142 valence electrons. The van der Waals surface area contributed by atoms with Gasteiger partial charge in [-0.25, -0.2) is 0 Å². The third-order valence-electron chi connectivity index (χ3n) is 4.22. The number of methoxy groups -OCH3 is 2. The summed E-state index contributed by atoms with van der Waals surface area (Å²) in [4.78, 5) is 6.70. The minimum atomic E-state index is 0.755. The lowest BCUT2D eigenvalue weighted by atomic mass is 10.1. The van der Waals surface area contributed by atoms with Crippen LogP contribution in [0.4, 0.5) is 0 Å². The van der Waals surface area contributed by atoms with Crippen LogP contribution in [0.15, 0.2) is 23.2 Å². The van der Waals surface area contributed by atoms with E-state index in [-0.39, 0.29) is 0 Å². The molecule has 0 saturated carbocycles. The summed E-state index contributed by atoms with van der Waals surface area (Å²) < 4.78 is 10.6. The molecular weight excluding hydrogens is 316 g/mol. The van der Waals surface area contributed by atoms with Crippen molar-refractivity contribution in [3.8, 4) is 11.5 Å². The van der Waals surface area contributed by atoms with Crippen LogP contribution in [0.1, 0.15) is 25.8 Å². The zero-order valence-corrected chi connectivity index (χ0v) is 16.4. The molecule has 0 aliphatic carbocycles. The van der Waals surface area contributed by atoms with E-state index in [2.05, 4.69) is 40.4 Å². The molecule has 0 aliphatic heterocycles. The van der Waals surface area contributed by atoms with Gasteiger partial charge < -0.3 is 25.0 Å². The Morgan fingerprint density at radius 2 is 1.72 bits per heavy atom. The van der Waals surface area contributed by atoms with Gasteiger partial charge in [0.15, 0.2) is 17.5 Å². The van der Waals surface area contributed by atoms with Gasteiger partial charge in [-0.1, -0.05) is 19.9 Å². The summed E-state index contributed by atoms with van der Waals surface area (Å²) >= 11 is 0. The van der Waals surface area contributed by atoms with Crippen molar-refractivity contribution >= 4 is 5.96 Å². The summed E-state index contributed by atoms with van der Waals surface area (Å²) in [6, 6.07) is 6.01. The topological polar surface area (TPSA) is 58.1 Å². The number of hydrogen-bond acceptors (Lipinski definition) is 4. The number of hydrogen-bond donors (Lipinski definition) is 2. The highest BCUT2D eigenvalue weighted by Gasteiger charge is 2.05. The van der Waals surface area contributed by atoms with Crippen molar-refractivity contribution in [2.24, 2.45) is 4.99 Å². The van der Waals surface area contributed by atoms with Gasteiger partial charge in [-0.3, -0.25) is 4.99 Å². The Hall–Kier alpha value is -1.95. The van der Waals surface area contributed by atoms with Crippen LogP contribution < -0.4 is 20.1 Å². The summed E-state index contributed by atoms with van der Waals surface area (Å²) in [5, 5.41) is 6.72. The zero-order valence-electron chi connectivity index (χ0n) is 16.4. The fourth-order valence-corrected chi connectivity index (χ4v) is 2.63. The van der Waals surface area contributed by atoms with Crippen LogP contribution in [0.25, 0.3) is 0 Å². The number of nitrogens with one attached hydrogen (secondary N) is 2. The Morgan fingerprint density at radius 3 is 2.32 bits per heavy atom. The number of guanidine groups is 1. The lowest BCUT2D eigenvalue weighted by molar-refractivity contribution is 0.300. The van der Waals surface area contributed by atoms with Gasteiger partial charge in [0.2, 0.25) is 0 Å². The number of rotatable bonds is 11. The SMILES string of the molecule is CCN(CC)CCCNC(=NC)NCCc1ccc(OC)c(OC)c1. The van der Waals surface area contributed by atoms with E-state index in [9.17, 15) is 0 Å². The van der Waals surface area contributed by atoms with E-state index in [0.29, 0.717) is 0 Å². The van der Waals surface area contributed by atoms with Gasteiger partial charge >= 0.3 is 0 Å². The molecular formula is C19H34N4O2. The molecule has 2 N–H and O–H groups in total. The first kappa shape index (κ1) is 21.1. The molecule has 0 heterocycles. The third-order valence-corrected chi connectivity index (χ3v) is 4.22. The molecule has 6 heteroatoms. The van der Waals surface area contributed by atoms with Crippen LogP contribution in [0.5, 0.6) is 11.5 Å². The maximum absolute atomic E-state index is 5.34. The van der Waals surface area contributed by atoms with E-state index in [4.69, 9.17) is 9.47 Å². The van der Waals surface area contributed by atoms with Crippen molar-refractivity contribution in [1.29, 1.82) is 0 Å². The van der Waals surface area contributed by atoms with E-state index in [1.165, 1.54) is 5.56 Å². The Kier molecular flexibility index (Phi) is 10.5. The molecule has 1 aromatic rings. The van der Waals surface area contributed by atoms with Gasteiger partial charge in [0, 0.05) is 20.1 Å². The second-order valence-corrected chi connectivity index (χ2v) is 5.75. The average molecular weight is 351 g/mol. The quantitative estimate of drug-likeness (QED) is 0.364. The van der Waals surface area contributed by atoms with E-state index in [1.807, 2.05) is 12.1 Å². The minimum Gasteiger partial charge on any atom is -0.493 e.